The highest BCUT2D eigenvalue weighted by Crippen LogP contribution is 2.27. The lowest BCUT2D eigenvalue weighted by Crippen LogP contribution is -2.38. The van der Waals surface area contributed by atoms with Gasteiger partial charge in [-0.25, -0.2) is 13.2 Å². The zero-order valence-corrected chi connectivity index (χ0v) is 13.5. The van der Waals surface area contributed by atoms with E-state index in [0.717, 1.165) is 25.7 Å². The summed E-state index contributed by atoms with van der Waals surface area (Å²) in [6, 6.07) is 1.42. The van der Waals surface area contributed by atoms with E-state index >= 15 is 0 Å². The van der Waals surface area contributed by atoms with Gasteiger partial charge in [0.2, 0.25) is 10.0 Å². The maximum Gasteiger partial charge on any atom is 0.354 e. The van der Waals surface area contributed by atoms with Crippen LogP contribution in [0, 0.1) is 0 Å². The second-order valence-corrected chi connectivity index (χ2v) is 7.47. The van der Waals surface area contributed by atoms with Crippen LogP contribution in [0.2, 0.25) is 0 Å². The summed E-state index contributed by atoms with van der Waals surface area (Å²) >= 11 is 0. The van der Waals surface area contributed by atoms with Gasteiger partial charge in [-0.15, -0.1) is 0 Å². The predicted molar refractivity (Wildman–Crippen MR) is 78.6 cm³/mol. The summed E-state index contributed by atoms with van der Waals surface area (Å²) < 4.78 is 32.9. The van der Waals surface area contributed by atoms with Gasteiger partial charge >= 0.3 is 5.97 Å². The Morgan fingerprint density at radius 1 is 1.33 bits per heavy atom. The third-order valence-corrected chi connectivity index (χ3v) is 6.02. The Labute approximate surface area is 125 Å². The maximum atomic E-state index is 12.7. The van der Waals surface area contributed by atoms with E-state index in [4.69, 9.17) is 0 Å². The molecule has 0 amide bonds. The highest BCUT2D eigenvalue weighted by Gasteiger charge is 2.30. The van der Waals surface area contributed by atoms with Gasteiger partial charge in [0.15, 0.2) is 0 Å². The molecule has 2 rings (SSSR count). The molecule has 118 valence electrons. The standard InChI is InChI=1S/C14H22N2O4S/c1-15-10-12(9-13(15)14(17)20-3)21(18,19)16(2)11-7-5-4-6-8-11/h9-11H,4-8H2,1-3H3. The van der Waals surface area contributed by atoms with Crippen molar-refractivity contribution in [2.24, 2.45) is 7.05 Å². The Hall–Kier alpha value is -1.34. The van der Waals surface area contributed by atoms with Gasteiger partial charge in [-0.1, -0.05) is 19.3 Å². The topological polar surface area (TPSA) is 68.6 Å². The number of rotatable bonds is 4. The van der Waals surface area contributed by atoms with E-state index in [1.807, 2.05) is 0 Å². The minimum atomic E-state index is -3.58. The lowest BCUT2D eigenvalue weighted by Gasteiger charge is -2.30. The molecule has 6 nitrogen and oxygen atoms in total. The molecular formula is C14H22N2O4S. The van der Waals surface area contributed by atoms with Gasteiger partial charge in [-0.05, 0) is 18.9 Å². The maximum absolute atomic E-state index is 12.7. The zero-order chi connectivity index (χ0) is 15.6. The first kappa shape index (κ1) is 16.0. The van der Waals surface area contributed by atoms with Crippen LogP contribution < -0.4 is 0 Å². The third-order valence-electron chi connectivity index (χ3n) is 4.14. The van der Waals surface area contributed by atoms with Crippen molar-refractivity contribution >= 4 is 16.0 Å². The van der Waals surface area contributed by atoms with Crippen molar-refractivity contribution in [3.05, 3.63) is 18.0 Å². The normalized spacial score (nSPS) is 17.1. The molecule has 0 spiro atoms. The number of carbonyl (C=O) groups is 1. The quantitative estimate of drug-likeness (QED) is 0.794. The summed E-state index contributed by atoms with van der Waals surface area (Å²) in [4.78, 5) is 11.7. The van der Waals surface area contributed by atoms with Gasteiger partial charge in [-0.2, -0.15) is 4.31 Å². The van der Waals surface area contributed by atoms with E-state index in [-0.39, 0.29) is 16.6 Å². The van der Waals surface area contributed by atoms with Crippen LogP contribution in [0.4, 0.5) is 0 Å². The van der Waals surface area contributed by atoms with Crippen molar-refractivity contribution in [3.8, 4) is 0 Å². The van der Waals surface area contributed by atoms with Gasteiger partial charge in [0.25, 0.3) is 0 Å². The summed E-state index contributed by atoms with van der Waals surface area (Å²) in [6.07, 6.45) is 6.54. The summed E-state index contributed by atoms with van der Waals surface area (Å²) in [5, 5.41) is 0. The molecule has 1 aromatic rings. The van der Waals surface area contributed by atoms with Gasteiger partial charge in [-0.3, -0.25) is 0 Å². The van der Waals surface area contributed by atoms with Gasteiger partial charge in [0.05, 0.1) is 7.11 Å². The number of ether oxygens (including phenoxy) is 1. The molecule has 7 heteroatoms. The molecule has 21 heavy (non-hydrogen) atoms. The number of aromatic nitrogens is 1. The summed E-state index contributed by atoms with van der Waals surface area (Å²) in [6.45, 7) is 0. The van der Waals surface area contributed by atoms with Crippen molar-refractivity contribution in [3.63, 3.8) is 0 Å². The molecule has 0 aromatic carbocycles. The molecule has 1 heterocycles. The smallest absolute Gasteiger partial charge is 0.354 e. The second-order valence-electron chi connectivity index (χ2n) is 5.48. The fourth-order valence-electron chi connectivity index (χ4n) is 2.79. The molecule has 0 bridgehead atoms. The lowest BCUT2D eigenvalue weighted by atomic mass is 9.96. The van der Waals surface area contributed by atoms with Crippen LogP contribution >= 0.6 is 0 Å². The average molecular weight is 314 g/mol. The number of aryl methyl sites for hydroxylation is 1. The van der Waals surface area contributed by atoms with Crippen molar-refractivity contribution in [1.29, 1.82) is 0 Å². The number of esters is 1. The van der Waals surface area contributed by atoms with Gasteiger partial charge in [0, 0.05) is 26.3 Å². The van der Waals surface area contributed by atoms with Crippen molar-refractivity contribution in [2.75, 3.05) is 14.2 Å². The fraction of sp³-hybridized carbons (Fsp3) is 0.643. The summed E-state index contributed by atoms with van der Waals surface area (Å²) in [5.41, 5.74) is 0.230. The first-order valence-electron chi connectivity index (χ1n) is 7.10. The Balaban J connectivity index is 2.28. The van der Waals surface area contributed by atoms with E-state index in [9.17, 15) is 13.2 Å². The van der Waals surface area contributed by atoms with Crippen LogP contribution in [0.3, 0.4) is 0 Å². The second kappa shape index (κ2) is 6.19. The zero-order valence-electron chi connectivity index (χ0n) is 12.7. The van der Waals surface area contributed by atoms with Crippen molar-refractivity contribution in [2.45, 2.75) is 43.0 Å². The molecule has 1 aliphatic rings. The SMILES string of the molecule is COC(=O)c1cc(S(=O)(=O)N(C)C2CCCCC2)cn1C. The Kier molecular flexibility index (Phi) is 4.73. The molecule has 0 aliphatic heterocycles. The summed E-state index contributed by atoms with van der Waals surface area (Å²) in [7, 11) is 0.950. The number of sulfonamides is 1. The highest BCUT2D eigenvalue weighted by atomic mass is 32.2. The van der Waals surface area contributed by atoms with Crippen LogP contribution in [0.25, 0.3) is 0 Å². The molecule has 0 N–H and O–H groups in total. The Morgan fingerprint density at radius 3 is 2.52 bits per heavy atom. The van der Waals surface area contributed by atoms with Gasteiger partial charge in [0.1, 0.15) is 10.6 Å². The van der Waals surface area contributed by atoms with E-state index in [1.54, 1.807) is 14.1 Å². The molecule has 0 saturated heterocycles. The molecule has 0 unspecified atom stereocenters. The van der Waals surface area contributed by atoms with Gasteiger partial charge < -0.3 is 9.30 Å². The minimum Gasteiger partial charge on any atom is -0.464 e. The number of nitrogens with zero attached hydrogens (tertiary/aromatic N) is 2. The number of hydrogen-bond acceptors (Lipinski definition) is 4. The van der Waals surface area contributed by atoms with Crippen LogP contribution in [0.1, 0.15) is 42.6 Å². The van der Waals surface area contributed by atoms with Crippen molar-refractivity contribution in [1.82, 2.24) is 8.87 Å². The highest BCUT2D eigenvalue weighted by molar-refractivity contribution is 7.89. The van der Waals surface area contributed by atoms with E-state index in [2.05, 4.69) is 4.74 Å². The molecule has 1 aliphatic carbocycles. The minimum absolute atomic E-state index is 0.0468. The molecule has 1 saturated carbocycles. The average Bonchev–Trinajstić information content (AvgIpc) is 2.89. The predicted octanol–water partition coefficient (Wildman–Crippen LogP) is 1.76. The fourth-order valence-corrected chi connectivity index (χ4v) is 4.28. The molecule has 0 atom stereocenters. The number of hydrogen-bond donors (Lipinski definition) is 0. The monoisotopic (exact) mass is 314 g/mol. The molecule has 0 radical (unpaired) electrons. The number of carbonyl (C=O) groups excluding carboxylic acids is 1. The molecular weight excluding hydrogens is 292 g/mol. The molecule has 1 aromatic heterocycles. The Bertz CT molecular complexity index is 615. The lowest BCUT2D eigenvalue weighted by molar-refractivity contribution is 0.0590. The van der Waals surface area contributed by atoms with Crippen LogP contribution in [0.15, 0.2) is 17.2 Å². The largest absolute Gasteiger partial charge is 0.464 e. The van der Waals surface area contributed by atoms with Crippen LogP contribution in [0.5, 0.6) is 0 Å². The van der Waals surface area contributed by atoms with E-state index < -0.39 is 16.0 Å². The van der Waals surface area contributed by atoms with E-state index in [0.29, 0.717) is 0 Å². The Morgan fingerprint density at radius 2 is 1.95 bits per heavy atom. The first-order chi connectivity index (χ1) is 9.87. The van der Waals surface area contributed by atoms with Crippen molar-refractivity contribution < 1.29 is 17.9 Å². The number of methoxy groups -OCH3 is 1. The van der Waals surface area contributed by atoms with Crippen LogP contribution in [-0.2, 0) is 21.8 Å². The summed E-state index contributed by atoms with van der Waals surface area (Å²) in [5.74, 6) is -0.542. The van der Waals surface area contributed by atoms with E-state index in [1.165, 1.54) is 34.7 Å². The van der Waals surface area contributed by atoms with Crippen LogP contribution in [-0.4, -0.2) is 43.5 Å². The molecule has 1 fully saturated rings. The third kappa shape index (κ3) is 3.13. The first-order valence-corrected chi connectivity index (χ1v) is 8.54.